The van der Waals surface area contributed by atoms with Gasteiger partial charge in [-0.05, 0) is 104 Å². The molecule has 4 saturated carbocycles. The van der Waals surface area contributed by atoms with Crippen LogP contribution in [0.4, 0.5) is 0 Å². The predicted molar refractivity (Wildman–Crippen MR) is 124 cm³/mol. The molecule has 2 heteroatoms. The Bertz CT molecular complexity index is 651. The van der Waals surface area contributed by atoms with Gasteiger partial charge in [-0.3, -0.25) is 4.79 Å². The number of ketones is 1. The first-order valence-corrected chi connectivity index (χ1v) is 13.2. The maximum absolute atomic E-state index is 12.5. The third-order valence-electron chi connectivity index (χ3n) is 11.0. The van der Waals surface area contributed by atoms with Gasteiger partial charge in [0.2, 0.25) is 0 Å². The largest absolute Gasteiger partial charge is 0.382 e. The highest BCUT2D eigenvalue weighted by molar-refractivity contribution is 5.87. The van der Waals surface area contributed by atoms with Gasteiger partial charge < -0.3 is 5.11 Å². The highest BCUT2D eigenvalue weighted by Crippen LogP contribution is 2.68. The van der Waals surface area contributed by atoms with E-state index in [1.165, 1.54) is 57.8 Å². The van der Waals surface area contributed by atoms with Crippen LogP contribution in [0.15, 0.2) is 0 Å². The molecule has 0 aromatic rings. The Morgan fingerprint density at radius 1 is 0.933 bits per heavy atom. The lowest BCUT2D eigenvalue weighted by molar-refractivity contribution is -0.171. The average Bonchev–Trinajstić information content (AvgIpc) is 2.99. The molecule has 0 radical (unpaired) electrons. The molecule has 0 unspecified atom stereocenters. The van der Waals surface area contributed by atoms with Crippen LogP contribution in [0.25, 0.3) is 0 Å². The number of carbonyl (C=O) groups is 1. The normalized spacial score (nSPS) is 49.5. The fourth-order valence-corrected chi connectivity index (χ4v) is 9.45. The number of aliphatic hydroxyl groups is 1. The van der Waals surface area contributed by atoms with E-state index < -0.39 is 5.60 Å². The van der Waals surface area contributed by atoms with Crippen LogP contribution in [-0.2, 0) is 4.79 Å². The molecular formula is C28H48O2. The topological polar surface area (TPSA) is 37.3 Å². The Morgan fingerprint density at radius 2 is 1.63 bits per heavy atom. The van der Waals surface area contributed by atoms with Gasteiger partial charge in [0.1, 0.15) is 5.60 Å². The molecule has 30 heavy (non-hydrogen) atoms. The minimum Gasteiger partial charge on any atom is -0.382 e. The molecule has 172 valence electrons. The molecule has 1 N–H and O–H groups in total. The standard InChI is InChI=1S/C28H48O2/c1-18(2)8-7-9-19(3)22-12-13-23-21-11-10-20-16-25(29)28(6,30)17-27(20,5)24(21)14-15-26(22,23)4/h18-24,30H,7-17H2,1-6H3/t19-,20+,21+,22-,23+,24+,26-,27+,28-/m1/s1. The van der Waals surface area contributed by atoms with E-state index in [1.54, 1.807) is 6.92 Å². The van der Waals surface area contributed by atoms with Crippen molar-refractivity contribution < 1.29 is 9.90 Å². The fourth-order valence-electron chi connectivity index (χ4n) is 9.45. The molecule has 4 aliphatic rings. The van der Waals surface area contributed by atoms with E-state index in [-0.39, 0.29) is 11.2 Å². The van der Waals surface area contributed by atoms with E-state index in [9.17, 15) is 9.90 Å². The summed E-state index contributed by atoms with van der Waals surface area (Å²) in [6.45, 7) is 14.1. The highest BCUT2D eigenvalue weighted by atomic mass is 16.3. The van der Waals surface area contributed by atoms with Gasteiger partial charge in [0.15, 0.2) is 5.78 Å². The van der Waals surface area contributed by atoms with Crippen molar-refractivity contribution in [3.8, 4) is 0 Å². The van der Waals surface area contributed by atoms with E-state index in [0.717, 1.165) is 29.6 Å². The molecule has 0 aromatic carbocycles. The van der Waals surface area contributed by atoms with E-state index in [1.807, 2.05) is 0 Å². The third-order valence-corrected chi connectivity index (χ3v) is 11.0. The van der Waals surface area contributed by atoms with Gasteiger partial charge in [-0.1, -0.05) is 53.9 Å². The zero-order chi connectivity index (χ0) is 21.9. The van der Waals surface area contributed by atoms with Crippen LogP contribution < -0.4 is 0 Å². The lowest BCUT2D eigenvalue weighted by Gasteiger charge is -2.62. The maximum Gasteiger partial charge on any atom is 0.164 e. The molecule has 2 nitrogen and oxygen atoms in total. The Balaban J connectivity index is 1.50. The molecule has 4 rings (SSSR count). The van der Waals surface area contributed by atoms with Crippen molar-refractivity contribution in [1.29, 1.82) is 0 Å². The summed E-state index contributed by atoms with van der Waals surface area (Å²) in [7, 11) is 0. The second kappa shape index (κ2) is 7.89. The van der Waals surface area contributed by atoms with Gasteiger partial charge >= 0.3 is 0 Å². The summed E-state index contributed by atoms with van der Waals surface area (Å²) in [6, 6.07) is 0. The number of hydrogen-bond donors (Lipinski definition) is 1. The van der Waals surface area contributed by atoms with E-state index in [0.29, 0.717) is 30.1 Å². The first-order valence-electron chi connectivity index (χ1n) is 13.2. The van der Waals surface area contributed by atoms with Gasteiger partial charge in [-0.25, -0.2) is 0 Å². The molecule has 4 fully saturated rings. The van der Waals surface area contributed by atoms with Crippen LogP contribution in [0.5, 0.6) is 0 Å². The molecule has 0 amide bonds. The van der Waals surface area contributed by atoms with Crippen molar-refractivity contribution in [2.45, 2.75) is 118 Å². The first-order chi connectivity index (χ1) is 14.0. The summed E-state index contributed by atoms with van der Waals surface area (Å²) in [5.41, 5.74) is -0.422. The van der Waals surface area contributed by atoms with Crippen molar-refractivity contribution in [3.05, 3.63) is 0 Å². The fraction of sp³-hybridized carbons (Fsp3) is 0.964. The minimum atomic E-state index is -1.10. The number of carbonyl (C=O) groups excluding carboxylic acids is 1. The minimum absolute atomic E-state index is 0.0974. The van der Waals surface area contributed by atoms with Gasteiger partial charge in [-0.2, -0.15) is 0 Å². The average molecular weight is 417 g/mol. The lowest BCUT2D eigenvalue weighted by Crippen LogP contribution is -2.58. The molecule has 0 saturated heterocycles. The van der Waals surface area contributed by atoms with E-state index >= 15 is 0 Å². The van der Waals surface area contributed by atoms with Crippen molar-refractivity contribution >= 4 is 5.78 Å². The number of hydrogen-bond acceptors (Lipinski definition) is 2. The smallest absolute Gasteiger partial charge is 0.164 e. The number of fused-ring (bicyclic) bond motifs is 5. The molecular weight excluding hydrogens is 368 g/mol. The molecule has 9 atom stereocenters. The summed E-state index contributed by atoms with van der Waals surface area (Å²) in [6.07, 6.45) is 13.6. The van der Waals surface area contributed by atoms with Crippen molar-refractivity contribution in [1.82, 2.24) is 0 Å². The summed E-state index contributed by atoms with van der Waals surface area (Å²) < 4.78 is 0. The summed E-state index contributed by atoms with van der Waals surface area (Å²) >= 11 is 0. The Labute approximate surface area is 186 Å². The van der Waals surface area contributed by atoms with Crippen molar-refractivity contribution in [2.75, 3.05) is 0 Å². The molecule has 4 aliphatic carbocycles. The molecule has 0 heterocycles. The van der Waals surface area contributed by atoms with Crippen LogP contribution >= 0.6 is 0 Å². The zero-order valence-corrected chi connectivity index (χ0v) is 20.7. The molecule has 0 aliphatic heterocycles. The summed E-state index contributed by atoms with van der Waals surface area (Å²) in [5.74, 6) is 5.59. The highest BCUT2D eigenvalue weighted by Gasteiger charge is 2.62. The lowest BCUT2D eigenvalue weighted by atomic mass is 9.43. The van der Waals surface area contributed by atoms with Crippen LogP contribution in [0, 0.1) is 52.3 Å². The van der Waals surface area contributed by atoms with Crippen LogP contribution in [0.2, 0.25) is 0 Å². The van der Waals surface area contributed by atoms with Crippen LogP contribution in [0.3, 0.4) is 0 Å². The Hall–Kier alpha value is -0.370. The first kappa shape index (κ1) is 22.8. The monoisotopic (exact) mass is 416 g/mol. The zero-order valence-electron chi connectivity index (χ0n) is 20.7. The van der Waals surface area contributed by atoms with Gasteiger partial charge in [0.05, 0.1) is 0 Å². The van der Waals surface area contributed by atoms with Gasteiger partial charge in [0, 0.05) is 6.42 Å². The van der Waals surface area contributed by atoms with Crippen LogP contribution in [0.1, 0.15) is 112 Å². The second-order valence-corrected chi connectivity index (χ2v) is 13.3. The quantitative estimate of drug-likeness (QED) is 0.522. The number of Topliss-reactive ketones (excluding diaryl/α,β-unsaturated/α-hetero) is 1. The van der Waals surface area contributed by atoms with Gasteiger partial charge in [0.25, 0.3) is 0 Å². The van der Waals surface area contributed by atoms with E-state index in [4.69, 9.17) is 0 Å². The Morgan fingerprint density at radius 3 is 2.33 bits per heavy atom. The predicted octanol–water partition coefficient (Wildman–Crippen LogP) is 7.04. The molecule has 0 spiro atoms. The second-order valence-electron chi connectivity index (χ2n) is 13.3. The van der Waals surface area contributed by atoms with Crippen molar-refractivity contribution in [2.24, 2.45) is 52.3 Å². The molecule has 0 aromatic heterocycles. The van der Waals surface area contributed by atoms with Gasteiger partial charge in [-0.15, -0.1) is 0 Å². The Kier molecular flexibility index (Phi) is 6.00. The van der Waals surface area contributed by atoms with Crippen LogP contribution in [-0.4, -0.2) is 16.5 Å². The van der Waals surface area contributed by atoms with Crippen molar-refractivity contribution in [3.63, 3.8) is 0 Å². The maximum atomic E-state index is 12.5. The third kappa shape index (κ3) is 3.61. The van der Waals surface area contributed by atoms with E-state index in [2.05, 4.69) is 34.6 Å². The summed E-state index contributed by atoms with van der Waals surface area (Å²) in [4.78, 5) is 12.5. The molecule has 0 bridgehead atoms. The number of rotatable bonds is 5. The SMILES string of the molecule is CC(C)CCC[C@@H](C)[C@H]1CC[C@H]2[C@@H]3CC[C@H]4CC(=O)[C@](C)(O)C[C@]4(C)[C@H]3CC[C@]12C. The summed E-state index contributed by atoms with van der Waals surface area (Å²) in [5, 5.41) is 10.9.